The van der Waals surface area contributed by atoms with Gasteiger partial charge in [-0.25, -0.2) is 0 Å². The molecular formula is C13H20ClNOS. The number of ether oxygens (including phenoxy) is 1. The largest absolute Gasteiger partial charge is 0.492 e. The Morgan fingerprint density at radius 3 is 2.94 bits per heavy atom. The van der Waals surface area contributed by atoms with Crippen molar-refractivity contribution in [1.82, 2.24) is 0 Å². The Kier molecular flexibility index (Phi) is 7.49. The van der Waals surface area contributed by atoms with Crippen molar-refractivity contribution in [2.45, 2.75) is 19.8 Å². The first-order chi connectivity index (χ1) is 8.29. The van der Waals surface area contributed by atoms with Crippen LogP contribution in [0.3, 0.4) is 0 Å². The zero-order chi connectivity index (χ0) is 12.5. The van der Waals surface area contributed by atoms with Gasteiger partial charge in [0.2, 0.25) is 0 Å². The van der Waals surface area contributed by atoms with Gasteiger partial charge < -0.3 is 10.5 Å². The van der Waals surface area contributed by atoms with Gasteiger partial charge in [-0.15, -0.1) is 0 Å². The van der Waals surface area contributed by atoms with E-state index in [2.05, 4.69) is 6.92 Å². The third kappa shape index (κ3) is 5.19. The lowest BCUT2D eigenvalue weighted by atomic mass is 10.1. The molecule has 0 aliphatic rings. The maximum absolute atomic E-state index is 6.13. The molecule has 0 amide bonds. The maximum atomic E-state index is 6.13. The number of hydrogen-bond donors (Lipinski definition) is 1. The van der Waals surface area contributed by atoms with Crippen molar-refractivity contribution in [1.29, 1.82) is 0 Å². The predicted octanol–water partition coefficient (Wildman–Crippen LogP) is 3.36. The van der Waals surface area contributed by atoms with Crippen molar-refractivity contribution < 1.29 is 4.74 Å². The van der Waals surface area contributed by atoms with Crippen LogP contribution in [-0.2, 0) is 6.42 Å². The van der Waals surface area contributed by atoms with E-state index in [1.165, 1.54) is 0 Å². The smallest absolute Gasteiger partial charge is 0.141 e. The third-order valence-corrected chi connectivity index (χ3v) is 3.63. The lowest BCUT2D eigenvalue weighted by molar-refractivity contribution is 0.315. The Labute approximate surface area is 113 Å². The fourth-order valence-corrected chi connectivity index (χ4v) is 2.41. The van der Waals surface area contributed by atoms with Gasteiger partial charge in [0.15, 0.2) is 0 Å². The van der Waals surface area contributed by atoms with Crippen LogP contribution in [0, 0.1) is 0 Å². The number of rotatable bonds is 8. The zero-order valence-electron chi connectivity index (χ0n) is 10.2. The van der Waals surface area contributed by atoms with E-state index in [0.29, 0.717) is 18.2 Å². The van der Waals surface area contributed by atoms with Crippen LogP contribution in [0.25, 0.3) is 0 Å². The summed E-state index contributed by atoms with van der Waals surface area (Å²) in [6.07, 6.45) is 1.85. The first-order valence-electron chi connectivity index (χ1n) is 5.97. The molecule has 0 aromatic heterocycles. The molecule has 0 aliphatic carbocycles. The maximum Gasteiger partial charge on any atom is 0.141 e. The summed E-state index contributed by atoms with van der Waals surface area (Å²) in [4.78, 5) is 0. The Morgan fingerprint density at radius 2 is 2.24 bits per heavy atom. The Bertz CT molecular complexity index is 333. The number of nitrogens with two attached hydrogens (primary N) is 1. The van der Waals surface area contributed by atoms with Crippen LogP contribution in [0.5, 0.6) is 5.75 Å². The molecule has 0 unspecified atom stereocenters. The van der Waals surface area contributed by atoms with E-state index in [-0.39, 0.29) is 0 Å². The fourth-order valence-electron chi connectivity index (χ4n) is 1.55. The molecule has 0 aliphatic heterocycles. The van der Waals surface area contributed by atoms with Crippen LogP contribution in [0.1, 0.15) is 18.9 Å². The minimum atomic E-state index is 0.613. The molecule has 0 heterocycles. The van der Waals surface area contributed by atoms with Gasteiger partial charge in [0, 0.05) is 0 Å². The molecule has 1 rings (SSSR count). The molecule has 4 heteroatoms. The SMILES string of the molecule is CCSCCCOc1c(Cl)cccc1CCN. The van der Waals surface area contributed by atoms with Gasteiger partial charge in [-0.05, 0) is 42.5 Å². The summed E-state index contributed by atoms with van der Waals surface area (Å²) >= 11 is 8.06. The van der Waals surface area contributed by atoms with Crippen LogP contribution in [-0.4, -0.2) is 24.7 Å². The first-order valence-corrected chi connectivity index (χ1v) is 7.50. The highest BCUT2D eigenvalue weighted by Gasteiger charge is 2.07. The molecule has 0 atom stereocenters. The van der Waals surface area contributed by atoms with Gasteiger partial charge in [-0.1, -0.05) is 30.7 Å². The van der Waals surface area contributed by atoms with Gasteiger partial charge in [0.05, 0.1) is 11.6 Å². The molecule has 0 saturated heterocycles. The Hall–Kier alpha value is -0.380. The molecule has 17 heavy (non-hydrogen) atoms. The van der Waals surface area contributed by atoms with Gasteiger partial charge in [-0.3, -0.25) is 0 Å². The summed E-state index contributed by atoms with van der Waals surface area (Å²) in [5, 5.41) is 0.680. The summed E-state index contributed by atoms with van der Waals surface area (Å²) < 4.78 is 5.77. The second-order valence-electron chi connectivity index (χ2n) is 3.67. The van der Waals surface area contributed by atoms with Crippen LogP contribution < -0.4 is 10.5 Å². The third-order valence-electron chi connectivity index (χ3n) is 2.35. The number of para-hydroxylation sites is 1. The number of benzene rings is 1. The Morgan fingerprint density at radius 1 is 1.41 bits per heavy atom. The molecule has 0 radical (unpaired) electrons. The van der Waals surface area contributed by atoms with Crippen LogP contribution in [0.4, 0.5) is 0 Å². The van der Waals surface area contributed by atoms with E-state index in [9.17, 15) is 0 Å². The summed E-state index contributed by atoms with van der Waals surface area (Å²) in [6.45, 7) is 3.50. The summed E-state index contributed by atoms with van der Waals surface area (Å²) in [5.74, 6) is 3.10. The first kappa shape index (κ1) is 14.7. The standard InChI is InChI=1S/C13H20ClNOS/c1-2-17-10-4-9-16-13-11(7-8-15)5-3-6-12(13)14/h3,5-6H,2,4,7-10,15H2,1H3. The summed E-state index contributed by atoms with van der Waals surface area (Å²) in [6, 6.07) is 5.82. The van der Waals surface area contributed by atoms with E-state index >= 15 is 0 Å². The molecule has 96 valence electrons. The summed E-state index contributed by atoms with van der Waals surface area (Å²) in [5.41, 5.74) is 6.67. The van der Waals surface area contributed by atoms with E-state index in [1.54, 1.807) is 0 Å². The van der Waals surface area contributed by atoms with Crippen LogP contribution >= 0.6 is 23.4 Å². The van der Waals surface area contributed by atoms with Gasteiger partial charge in [0.25, 0.3) is 0 Å². The summed E-state index contributed by atoms with van der Waals surface area (Å²) in [7, 11) is 0. The van der Waals surface area contributed by atoms with Crippen LogP contribution in [0.15, 0.2) is 18.2 Å². The molecule has 0 fully saturated rings. The van der Waals surface area contributed by atoms with Crippen molar-refractivity contribution in [3.05, 3.63) is 28.8 Å². The minimum Gasteiger partial charge on any atom is -0.492 e. The topological polar surface area (TPSA) is 35.2 Å². The second-order valence-corrected chi connectivity index (χ2v) is 5.47. The number of hydrogen-bond acceptors (Lipinski definition) is 3. The minimum absolute atomic E-state index is 0.613. The molecule has 0 saturated carbocycles. The normalized spacial score (nSPS) is 10.5. The fraction of sp³-hybridized carbons (Fsp3) is 0.538. The van der Waals surface area contributed by atoms with Crippen LogP contribution in [0.2, 0.25) is 5.02 Å². The highest BCUT2D eigenvalue weighted by atomic mass is 35.5. The number of halogens is 1. The van der Waals surface area contributed by atoms with Crippen molar-refractivity contribution in [3.63, 3.8) is 0 Å². The number of thioether (sulfide) groups is 1. The molecule has 1 aromatic rings. The molecule has 0 spiro atoms. The van der Waals surface area contributed by atoms with E-state index < -0.39 is 0 Å². The van der Waals surface area contributed by atoms with E-state index in [0.717, 1.165) is 35.7 Å². The average molecular weight is 274 g/mol. The quantitative estimate of drug-likeness (QED) is 0.738. The van der Waals surface area contributed by atoms with Crippen molar-refractivity contribution in [2.75, 3.05) is 24.7 Å². The zero-order valence-corrected chi connectivity index (χ0v) is 11.8. The monoisotopic (exact) mass is 273 g/mol. The molecule has 1 aromatic carbocycles. The lowest BCUT2D eigenvalue weighted by Crippen LogP contribution is -2.07. The van der Waals surface area contributed by atoms with Crippen molar-refractivity contribution in [3.8, 4) is 5.75 Å². The molecule has 2 N–H and O–H groups in total. The van der Waals surface area contributed by atoms with Crippen molar-refractivity contribution >= 4 is 23.4 Å². The molecular weight excluding hydrogens is 254 g/mol. The predicted molar refractivity (Wildman–Crippen MR) is 77.3 cm³/mol. The Balaban J connectivity index is 2.50. The van der Waals surface area contributed by atoms with Gasteiger partial charge >= 0.3 is 0 Å². The second kappa shape index (κ2) is 8.67. The van der Waals surface area contributed by atoms with Gasteiger partial charge in [0.1, 0.15) is 5.75 Å². The average Bonchev–Trinajstić information content (AvgIpc) is 2.32. The highest BCUT2D eigenvalue weighted by Crippen LogP contribution is 2.29. The highest BCUT2D eigenvalue weighted by molar-refractivity contribution is 7.99. The van der Waals surface area contributed by atoms with Crippen molar-refractivity contribution in [2.24, 2.45) is 5.73 Å². The molecule has 0 bridgehead atoms. The van der Waals surface area contributed by atoms with E-state index in [4.69, 9.17) is 22.1 Å². The van der Waals surface area contributed by atoms with Gasteiger partial charge in [-0.2, -0.15) is 11.8 Å². The van der Waals surface area contributed by atoms with E-state index in [1.807, 2.05) is 30.0 Å². The lowest BCUT2D eigenvalue weighted by Gasteiger charge is -2.12. The molecule has 2 nitrogen and oxygen atoms in total.